The molecule has 1 aliphatic heterocycles. The fourth-order valence-corrected chi connectivity index (χ4v) is 1.30. The molecule has 1 rings (SSSR count). The highest BCUT2D eigenvalue weighted by Gasteiger charge is 2.32. The first kappa shape index (κ1) is 12.7. The van der Waals surface area contributed by atoms with Crippen LogP contribution in [0.25, 0.3) is 4.98 Å². The Balaban J connectivity index is 2.39. The summed E-state index contributed by atoms with van der Waals surface area (Å²) in [4.78, 5) is 2.64. The lowest BCUT2D eigenvalue weighted by Gasteiger charge is -2.36. The summed E-state index contributed by atoms with van der Waals surface area (Å²) in [6.45, 7) is 6.69. The molecule has 0 amide bonds. The zero-order chi connectivity index (χ0) is 12.2. The van der Waals surface area contributed by atoms with Crippen LogP contribution in [0.2, 0.25) is 0 Å². The number of aliphatic hydroxyl groups excluding tert-OH is 1. The minimum atomic E-state index is -0.464. The van der Waals surface area contributed by atoms with Gasteiger partial charge in [0.1, 0.15) is 6.10 Å². The van der Waals surface area contributed by atoms with E-state index >= 15 is 0 Å². The molecule has 1 N–H and O–H groups in total. The Bertz CT molecular complexity index is 295. The van der Waals surface area contributed by atoms with Crippen molar-refractivity contribution in [1.82, 2.24) is 0 Å². The minimum Gasteiger partial charge on any atom is -0.476 e. The summed E-state index contributed by atoms with van der Waals surface area (Å²) >= 11 is 0. The van der Waals surface area contributed by atoms with Gasteiger partial charge in [0.2, 0.25) is 5.39 Å². The molecule has 1 saturated heterocycles. The summed E-state index contributed by atoms with van der Waals surface area (Å²) in [6, 6.07) is 0. The molecule has 0 radical (unpaired) electrons. The van der Waals surface area contributed by atoms with Crippen LogP contribution in [0, 0.1) is 10.8 Å². The first-order valence-electron chi connectivity index (χ1n) is 5.06. The second-order valence-corrected chi connectivity index (χ2v) is 4.69. The normalized spacial score (nSPS) is 27.2. The van der Waals surface area contributed by atoms with Gasteiger partial charge in [-0.2, -0.15) is 0 Å². The van der Waals surface area contributed by atoms with E-state index in [0.29, 0.717) is 13.2 Å². The van der Waals surface area contributed by atoms with Gasteiger partial charge in [-0.05, 0) is 0 Å². The Hall–Kier alpha value is -1.32. The van der Waals surface area contributed by atoms with Gasteiger partial charge >= 0.3 is 12.1 Å². The molecule has 0 bridgehead atoms. The standard InChI is InChI=1S/C10H16N2O4/c1-10(2,3)9-14-5-7(6-15-9)16-8(13)4-12-11/h4,7,9H,5-6H2,1-3H3/p+1/b8-4-. The largest absolute Gasteiger partial charge is 0.476 e. The molecule has 0 aromatic rings. The van der Waals surface area contributed by atoms with Crippen LogP contribution in [-0.2, 0) is 14.2 Å². The molecule has 6 heteroatoms. The van der Waals surface area contributed by atoms with E-state index in [1.807, 2.05) is 20.8 Å². The molecule has 0 saturated carbocycles. The molecule has 1 aliphatic rings. The van der Waals surface area contributed by atoms with Crippen LogP contribution in [0.1, 0.15) is 20.8 Å². The third kappa shape index (κ3) is 3.68. The van der Waals surface area contributed by atoms with Crippen molar-refractivity contribution >= 4 is 0 Å². The average Bonchev–Trinajstić information content (AvgIpc) is 2.17. The number of hydrogen-bond donors (Lipinski definition) is 1. The van der Waals surface area contributed by atoms with E-state index in [0.717, 1.165) is 6.20 Å². The van der Waals surface area contributed by atoms with Crippen LogP contribution in [-0.4, -0.2) is 30.7 Å². The molecule has 0 aliphatic carbocycles. The van der Waals surface area contributed by atoms with E-state index < -0.39 is 12.0 Å². The summed E-state index contributed by atoms with van der Waals surface area (Å²) in [6.07, 6.45) is 0.133. The van der Waals surface area contributed by atoms with Crippen molar-refractivity contribution in [3.8, 4) is 0 Å². The highest BCUT2D eigenvalue weighted by atomic mass is 16.7. The number of ether oxygens (including phenoxy) is 3. The number of nitrogens with zero attached hydrogens (tertiary/aromatic N) is 2. The van der Waals surface area contributed by atoms with Crippen LogP contribution in [0.3, 0.4) is 0 Å². The van der Waals surface area contributed by atoms with E-state index in [4.69, 9.17) is 24.7 Å². The Morgan fingerprint density at radius 2 is 2.00 bits per heavy atom. The lowest BCUT2D eigenvalue weighted by Crippen LogP contribution is -2.43. The van der Waals surface area contributed by atoms with Gasteiger partial charge in [0, 0.05) is 5.41 Å². The summed E-state index contributed by atoms with van der Waals surface area (Å²) in [7, 11) is 0. The molecule has 1 fully saturated rings. The first-order chi connectivity index (χ1) is 7.43. The quantitative estimate of drug-likeness (QED) is 0.579. The number of hydrogen-bond acceptors (Lipinski definition) is 5. The number of aliphatic hydroxyl groups is 1. The molecule has 0 spiro atoms. The van der Waals surface area contributed by atoms with Crippen molar-refractivity contribution < 1.29 is 19.3 Å². The number of rotatable bonds is 2. The van der Waals surface area contributed by atoms with Gasteiger partial charge in [-0.1, -0.05) is 20.8 Å². The third-order valence-electron chi connectivity index (χ3n) is 2.03. The Kier molecular flexibility index (Phi) is 4.10. The minimum absolute atomic E-state index is 0.0940. The predicted octanol–water partition coefficient (Wildman–Crippen LogP) is 2.00. The summed E-state index contributed by atoms with van der Waals surface area (Å²) in [5, 5.41) is 17.3. The van der Waals surface area contributed by atoms with Gasteiger partial charge in [0.05, 0.1) is 13.2 Å². The van der Waals surface area contributed by atoms with Crippen molar-refractivity contribution in [2.45, 2.75) is 33.2 Å². The molecule has 16 heavy (non-hydrogen) atoms. The van der Waals surface area contributed by atoms with Crippen LogP contribution in [0.5, 0.6) is 0 Å². The van der Waals surface area contributed by atoms with E-state index in [1.165, 1.54) is 0 Å². The summed E-state index contributed by atoms with van der Waals surface area (Å²) in [5.41, 5.74) is -0.0940. The molecule has 90 valence electrons. The average molecular weight is 229 g/mol. The van der Waals surface area contributed by atoms with E-state index in [-0.39, 0.29) is 11.7 Å². The van der Waals surface area contributed by atoms with Crippen molar-refractivity contribution in [2.24, 2.45) is 5.41 Å². The molecule has 0 aromatic carbocycles. The maximum absolute atomic E-state index is 9.10. The van der Waals surface area contributed by atoms with Crippen LogP contribution < -0.4 is 0 Å². The van der Waals surface area contributed by atoms with Crippen molar-refractivity contribution in [1.29, 1.82) is 5.39 Å². The molecule has 0 atom stereocenters. The SMILES string of the molecule is CC(C)(C)C1OCC(O/C(O)=C\[N+]#N)CO1. The maximum atomic E-state index is 9.10. The second-order valence-electron chi connectivity index (χ2n) is 4.69. The zero-order valence-corrected chi connectivity index (χ0v) is 9.71. The molecule has 6 nitrogen and oxygen atoms in total. The zero-order valence-electron chi connectivity index (χ0n) is 9.71. The monoisotopic (exact) mass is 229 g/mol. The fraction of sp³-hybridized carbons (Fsp3) is 0.800. The Morgan fingerprint density at radius 1 is 1.44 bits per heavy atom. The molecule has 0 unspecified atom stereocenters. The van der Waals surface area contributed by atoms with Gasteiger partial charge in [-0.15, -0.1) is 0 Å². The Morgan fingerprint density at radius 3 is 2.44 bits per heavy atom. The van der Waals surface area contributed by atoms with Gasteiger partial charge < -0.3 is 19.3 Å². The Labute approximate surface area is 94.4 Å². The van der Waals surface area contributed by atoms with Gasteiger partial charge in [-0.3, -0.25) is 0 Å². The number of diazo groups is 1. The van der Waals surface area contributed by atoms with Gasteiger partial charge in [-0.25, -0.2) is 0 Å². The molecule has 1 heterocycles. The van der Waals surface area contributed by atoms with Crippen molar-refractivity contribution in [3.63, 3.8) is 0 Å². The van der Waals surface area contributed by atoms with Gasteiger partial charge in [0.15, 0.2) is 11.3 Å². The smallest absolute Gasteiger partial charge is 0.429 e. The maximum Gasteiger partial charge on any atom is 0.429 e. The van der Waals surface area contributed by atoms with Gasteiger partial charge in [0.25, 0.3) is 0 Å². The lowest BCUT2D eigenvalue weighted by molar-refractivity contribution is -0.259. The highest BCUT2D eigenvalue weighted by Crippen LogP contribution is 2.26. The fourth-order valence-electron chi connectivity index (χ4n) is 1.30. The lowest BCUT2D eigenvalue weighted by atomic mass is 9.95. The van der Waals surface area contributed by atoms with E-state index in [2.05, 4.69) is 4.98 Å². The summed E-state index contributed by atoms with van der Waals surface area (Å²) < 4.78 is 15.9. The van der Waals surface area contributed by atoms with E-state index in [1.54, 1.807) is 0 Å². The topological polar surface area (TPSA) is 76.1 Å². The van der Waals surface area contributed by atoms with Crippen LogP contribution in [0.4, 0.5) is 0 Å². The molecule has 0 aromatic heterocycles. The summed E-state index contributed by atoms with van der Waals surface area (Å²) in [5.74, 6) is -0.464. The second kappa shape index (κ2) is 5.14. The highest BCUT2D eigenvalue weighted by molar-refractivity contribution is 4.89. The predicted molar refractivity (Wildman–Crippen MR) is 55.8 cm³/mol. The van der Waals surface area contributed by atoms with Crippen molar-refractivity contribution in [3.05, 3.63) is 17.1 Å². The van der Waals surface area contributed by atoms with Crippen LogP contribution in [0.15, 0.2) is 12.1 Å². The van der Waals surface area contributed by atoms with Crippen LogP contribution >= 0.6 is 0 Å². The first-order valence-corrected chi connectivity index (χ1v) is 5.06. The molecular formula is C10H17N2O4+. The van der Waals surface area contributed by atoms with E-state index in [9.17, 15) is 0 Å². The molecular weight excluding hydrogens is 212 g/mol. The van der Waals surface area contributed by atoms with Crippen molar-refractivity contribution in [2.75, 3.05) is 13.2 Å². The third-order valence-corrected chi connectivity index (χ3v) is 2.03.